The van der Waals surface area contributed by atoms with Crippen LogP contribution in [0.15, 0.2) is 34.9 Å². The fraction of sp³-hybridized carbons (Fsp3) is 0.294. The highest BCUT2D eigenvalue weighted by atomic mass is 16.5. The van der Waals surface area contributed by atoms with Crippen molar-refractivity contribution >= 4 is 23.3 Å². The van der Waals surface area contributed by atoms with Gasteiger partial charge in [-0.05, 0) is 12.1 Å². The van der Waals surface area contributed by atoms with Crippen LogP contribution in [0.4, 0.5) is 11.4 Å². The molecule has 1 aromatic heterocycles. The van der Waals surface area contributed by atoms with Gasteiger partial charge in [-0.1, -0.05) is 6.07 Å². The summed E-state index contributed by atoms with van der Waals surface area (Å²) < 4.78 is 15.6. The predicted molar refractivity (Wildman–Crippen MR) is 85.9 cm³/mol. The fourth-order valence-corrected chi connectivity index (χ4v) is 3.12. The number of ether oxygens (including phenoxy) is 2. The lowest BCUT2D eigenvalue weighted by Gasteiger charge is -2.40. The number of esters is 1. The zero-order chi connectivity index (χ0) is 16.7. The normalized spacial score (nSPS) is 15.5. The quantitative estimate of drug-likeness (QED) is 0.785. The van der Waals surface area contributed by atoms with Crippen molar-refractivity contribution < 1.29 is 23.5 Å². The molecule has 7 nitrogen and oxygen atoms in total. The second kappa shape index (κ2) is 5.59. The summed E-state index contributed by atoms with van der Waals surface area (Å²) >= 11 is 0. The molecule has 0 saturated carbocycles. The summed E-state index contributed by atoms with van der Waals surface area (Å²) in [5.41, 5.74) is 1.94. The molecular formula is C17H16N2O5. The van der Waals surface area contributed by atoms with Gasteiger partial charge in [0.05, 0.1) is 24.9 Å². The van der Waals surface area contributed by atoms with Crippen LogP contribution in [0.3, 0.4) is 0 Å². The first-order chi connectivity index (χ1) is 11.7. The molecule has 0 saturated heterocycles. The standard InChI is InChI=1S/C17H16N2O5/c1-22-17(21)11-9-14(24-10-11)16(20)19-6-5-18-7-8-23-13-4-2-3-12(19)15(13)18/h2-4,9-10H,5-8H2,1H3. The molecular weight excluding hydrogens is 312 g/mol. The largest absolute Gasteiger partial charge is 0.489 e. The summed E-state index contributed by atoms with van der Waals surface area (Å²) in [6.45, 7) is 2.72. The van der Waals surface area contributed by atoms with Gasteiger partial charge in [-0.2, -0.15) is 0 Å². The predicted octanol–water partition coefficient (Wildman–Crippen LogP) is 1.93. The molecule has 0 unspecified atom stereocenters. The molecule has 0 spiro atoms. The van der Waals surface area contributed by atoms with E-state index in [0.29, 0.717) is 13.2 Å². The summed E-state index contributed by atoms with van der Waals surface area (Å²) in [5.74, 6) is 0.0704. The Labute approximate surface area is 138 Å². The molecule has 1 amide bonds. The van der Waals surface area contributed by atoms with Crippen LogP contribution in [-0.2, 0) is 4.74 Å². The maximum atomic E-state index is 12.8. The Morgan fingerprint density at radius 3 is 2.92 bits per heavy atom. The van der Waals surface area contributed by atoms with E-state index in [2.05, 4.69) is 9.64 Å². The van der Waals surface area contributed by atoms with Crippen molar-refractivity contribution in [3.8, 4) is 5.75 Å². The second-order valence-corrected chi connectivity index (χ2v) is 5.61. The molecule has 2 aliphatic heterocycles. The molecule has 3 heterocycles. The Kier molecular flexibility index (Phi) is 3.41. The van der Waals surface area contributed by atoms with Crippen molar-refractivity contribution in [1.82, 2.24) is 0 Å². The number of benzene rings is 1. The van der Waals surface area contributed by atoms with Crippen LogP contribution in [0.1, 0.15) is 20.9 Å². The zero-order valence-corrected chi connectivity index (χ0v) is 13.2. The average molecular weight is 328 g/mol. The van der Waals surface area contributed by atoms with E-state index >= 15 is 0 Å². The molecule has 4 rings (SSSR count). The summed E-state index contributed by atoms with van der Waals surface area (Å²) in [6.07, 6.45) is 1.24. The molecule has 0 radical (unpaired) electrons. The van der Waals surface area contributed by atoms with E-state index in [1.54, 1.807) is 4.90 Å². The maximum absolute atomic E-state index is 12.8. The minimum absolute atomic E-state index is 0.109. The highest BCUT2D eigenvalue weighted by molar-refractivity contribution is 6.08. The van der Waals surface area contributed by atoms with E-state index < -0.39 is 5.97 Å². The molecule has 0 bridgehead atoms. The number of rotatable bonds is 2. The number of carbonyl (C=O) groups is 2. The topological polar surface area (TPSA) is 72.2 Å². The van der Waals surface area contributed by atoms with Gasteiger partial charge in [-0.15, -0.1) is 0 Å². The fourth-order valence-electron chi connectivity index (χ4n) is 3.12. The minimum atomic E-state index is -0.534. The lowest BCUT2D eigenvalue weighted by atomic mass is 10.1. The summed E-state index contributed by atoms with van der Waals surface area (Å²) in [6, 6.07) is 7.07. The first-order valence-corrected chi connectivity index (χ1v) is 7.68. The molecule has 0 fully saturated rings. The van der Waals surface area contributed by atoms with Gasteiger partial charge in [0.1, 0.15) is 24.3 Å². The third-order valence-electron chi connectivity index (χ3n) is 4.27. The molecule has 2 aromatic rings. The molecule has 0 N–H and O–H groups in total. The lowest BCUT2D eigenvalue weighted by molar-refractivity contribution is 0.0600. The average Bonchev–Trinajstić information content (AvgIpc) is 3.11. The van der Waals surface area contributed by atoms with Crippen LogP contribution in [0, 0.1) is 0 Å². The van der Waals surface area contributed by atoms with Crippen LogP contribution in [0.25, 0.3) is 0 Å². The van der Waals surface area contributed by atoms with Gasteiger partial charge >= 0.3 is 5.97 Å². The third kappa shape index (κ3) is 2.20. The van der Waals surface area contributed by atoms with Crippen LogP contribution in [0.5, 0.6) is 5.75 Å². The van der Waals surface area contributed by atoms with Crippen molar-refractivity contribution in [2.45, 2.75) is 0 Å². The van der Waals surface area contributed by atoms with Gasteiger partial charge < -0.3 is 23.7 Å². The van der Waals surface area contributed by atoms with E-state index in [-0.39, 0.29) is 17.2 Å². The first-order valence-electron chi connectivity index (χ1n) is 7.68. The number of anilines is 2. The molecule has 1 aromatic carbocycles. The van der Waals surface area contributed by atoms with Crippen molar-refractivity contribution in [2.75, 3.05) is 43.2 Å². The van der Waals surface area contributed by atoms with Gasteiger partial charge in [-0.25, -0.2) is 4.79 Å². The number of hydrogen-bond donors (Lipinski definition) is 0. The van der Waals surface area contributed by atoms with E-state index in [0.717, 1.165) is 30.2 Å². The number of amides is 1. The van der Waals surface area contributed by atoms with Crippen molar-refractivity contribution in [3.05, 3.63) is 41.9 Å². The van der Waals surface area contributed by atoms with Crippen molar-refractivity contribution in [2.24, 2.45) is 0 Å². The van der Waals surface area contributed by atoms with Crippen LogP contribution >= 0.6 is 0 Å². The second-order valence-electron chi connectivity index (χ2n) is 5.61. The van der Waals surface area contributed by atoms with Gasteiger partial charge in [-0.3, -0.25) is 4.79 Å². The van der Waals surface area contributed by atoms with E-state index in [4.69, 9.17) is 9.15 Å². The molecule has 124 valence electrons. The molecule has 24 heavy (non-hydrogen) atoms. The highest BCUT2D eigenvalue weighted by Crippen LogP contribution is 2.43. The Morgan fingerprint density at radius 2 is 2.08 bits per heavy atom. The van der Waals surface area contributed by atoms with E-state index in [1.165, 1.54) is 19.4 Å². The Morgan fingerprint density at radius 1 is 1.21 bits per heavy atom. The summed E-state index contributed by atoms with van der Waals surface area (Å²) in [5, 5.41) is 0. The maximum Gasteiger partial charge on any atom is 0.341 e. The summed E-state index contributed by atoms with van der Waals surface area (Å²) in [7, 11) is 1.28. The van der Waals surface area contributed by atoms with Gasteiger partial charge in [0.15, 0.2) is 5.76 Å². The Balaban J connectivity index is 1.69. The number of para-hydroxylation sites is 1. The number of methoxy groups -OCH3 is 1. The lowest BCUT2D eigenvalue weighted by Crippen LogP contribution is -2.46. The van der Waals surface area contributed by atoms with Crippen LogP contribution in [0.2, 0.25) is 0 Å². The van der Waals surface area contributed by atoms with E-state index in [1.807, 2.05) is 18.2 Å². The van der Waals surface area contributed by atoms with Gasteiger partial charge in [0.2, 0.25) is 0 Å². The SMILES string of the molecule is COC(=O)c1coc(C(=O)N2CCN3CCOc4cccc2c43)c1. The molecule has 0 atom stereocenters. The zero-order valence-electron chi connectivity index (χ0n) is 13.2. The summed E-state index contributed by atoms with van der Waals surface area (Å²) in [4.78, 5) is 28.2. The Hall–Kier alpha value is -2.96. The van der Waals surface area contributed by atoms with Crippen LogP contribution < -0.4 is 14.5 Å². The van der Waals surface area contributed by atoms with Gasteiger partial charge in [0.25, 0.3) is 5.91 Å². The highest BCUT2D eigenvalue weighted by Gasteiger charge is 2.33. The van der Waals surface area contributed by atoms with Gasteiger partial charge in [0, 0.05) is 19.2 Å². The van der Waals surface area contributed by atoms with Crippen molar-refractivity contribution in [3.63, 3.8) is 0 Å². The number of nitrogens with zero attached hydrogens (tertiary/aromatic N) is 2. The molecule has 7 heteroatoms. The Bertz CT molecular complexity index is 813. The number of furan rings is 1. The molecule has 0 aliphatic carbocycles. The van der Waals surface area contributed by atoms with E-state index in [9.17, 15) is 9.59 Å². The van der Waals surface area contributed by atoms with Crippen LogP contribution in [-0.4, -0.2) is 45.2 Å². The minimum Gasteiger partial charge on any atom is -0.489 e. The smallest absolute Gasteiger partial charge is 0.341 e. The first kappa shape index (κ1) is 14.6. The number of hydrogen-bond acceptors (Lipinski definition) is 6. The molecule has 2 aliphatic rings. The monoisotopic (exact) mass is 328 g/mol. The van der Waals surface area contributed by atoms with Crippen molar-refractivity contribution in [1.29, 1.82) is 0 Å². The number of carbonyl (C=O) groups excluding carboxylic acids is 2. The third-order valence-corrected chi connectivity index (χ3v) is 4.27.